The van der Waals surface area contributed by atoms with E-state index in [4.69, 9.17) is 0 Å². The number of aromatic nitrogens is 1. The third-order valence-corrected chi connectivity index (χ3v) is 4.25. The largest absolute Gasteiger partial charge is 0.387 e. The van der Waals surface area contributed by atoms with Gasteiger partial charge in [0.15, 0.2) is 0 Å². The normalized spacial score (nSPS) is 18.9. The van der Waals surface area contributed by atoms with Gasteiger partial charge in [0.05, 0.1) is 11.8 Å². The Morgan fingerprint density at radius 3 is 2.69 bits per heavy atom. The second-order valence-corrected chi connectivity index (χ2v) is 6.19. The molecular weight excluding hydrogens is 334 g/mol. The highest BCUT2D eigenvalue weighted by atomic mass is 79.9. The third kappa shape index (κ3) is 3.05. The van der Waals surface area contributed by atoms with Gasteiger partial charge in [-0.25, -0.2) is 0 Å². The van der Waals surface area contributed by atoms with Gasteiger partial charge in [0, 0.05) is 15.1 Å². The molecule has 1 aliphatic carbocycles. The zero-order chi connectivity index (χ0) is 11.5. The molecule has 88 valence electrons. The van der Waals surface area contributed by atoms with Crippen molar-refractivity contribution in [3.05, 3.63) is 26.9 Å². The van der Waals surface area contributed by atoms with Crippen molar-refractivity contribution in [3.8, 4) is 0 Å². The molecule has 0 bridgehead atoms. The lowest BCUT2D eigenvalue weighted by Crippen LogP contribution is -2.06. The topological polar surface area (TPSA) is 33.1 Å². The van der Waals surface area contributed by atoms with Crippen molar-refractivity contribution in [3.63, 3.8) is 0 Å². The Morgan fingerprint density at radius 2 is 2.06 bits per heavy atom. The Labute approximate surface area is 113 Å². The highest BCUT2D eigenvalue weighted by molar-refractivity contribution is 9.11. The molecule has 0 amide bonds. The molecule has 0 saturated heterocycles. The van der Waals surface area contributed by atoms with Crippen molar-refractivity contribution in [2.75, 3.05) is 0 Å². The summed E-state index contributed by atoms with van der Waals surface area (Å²) in [5, 5.41) is 10.1. The molecule has 1 aromatic heterocycles. The van der Waals surface area contributed by atoms with E-state index in [9.17, 15) is 5.11 Å². The number of hydrogen-bond donors (Lipinski definition) is 1. The quantitative estimate of drug-likeness (QED) is 0.887. The van der Waals surface area contributed by atoms with Crippen LogP contribution in [0.2, 0.25) is 0 Å². The number of nitrogens with zero attached hydrogens (tertiary/aromatic N) is 1. The minimum atomic E-state index is -0.439. The fraction of sp³-hybridized carbons (Fsp3) is 0.583. The van der Waals surface area contributed by atoms with Gasteiger partial charge in [-0.05, 0) is 50.3 Å². The van der Waals surface area contributed by atoms with Gasteiger partial charge in [-0.1, -0.05) is 25.7 Å². The summed E-state index contributed by atoms with van der Waals surface area (Å²) >= 11 is 6.80. The fourth-order valence-corrected chi connectivity index (χ4v) is 3.60. The van der Waals surface area contributed by atoms with E-state index in [1.165, 1.54) is 25.7 Å². The molecule has 0 aliphatic heterocycles. The van der Waals surface area contributed by atoms with E-state index in [0.717, 1.165) is 21.1 Å². The van der Waals surface area contributed by atoms with Crippen LogP contribution in [0.4, 0.5) is 0 Å². The zero-order valence-corrected chi connectivity index (χ0v) is 12.2. The monoisotopic (exact) mass is 347 g/mol. The maximum absolute atomic E-state index is 10.1. The minimum absolute atomic E-state index is 0.439. The lowest BCUT2D eigenvalue weighted by Gasteiger charge is -2.16. The number of aliphatic hydroxyl groups excluding tert-OH is 1. The summed E-state index contributed by atoms with van der Waals surface area (Å²) in [5.74, 6) is 0.673. The van der Waals surface area contributed by atoms with Crippen molar-refractivity contribution in [2.24, 2.45) is 5.92 Å². The van der Waals surface area contributed by atoms with Crippen LogP contribution in [0.1, 0.15) is 43.9 Å². The van der Waals surface area contributed by atoms with Crippen molar-refractivity contribution in [1.82, 2.24) is 4.98 Å². The molecule has 0 spiro atoms. The van der Waals surface area contributed by atoms with Crippen LogP contribution in [-0.2, 0) is 0 Å². The van der Waals surface area contributed by atoms with Crippen LogP contribution in [0.15, 0.2) is 21.2 Å². The Kier molecular flexibility index (Phi) is 4.39. The zero-order valence-electron chi connectivity index (χ0n) is 9.00. The predicted octanol–water partition coefficient (Wildman–Crippen LogP) is 4.22. The maximum atomic E-state index is 10.1. The molecule has 1 fully saturated rings. The Bertz CT molecular complexity index is 364. The van der Waals surface area contributed by atoms with Gasteiger partial charge >= 0.3 is 0 Å². The molecule has 2 nitrogen and oxygen atoms in total. The Hall–Kier alpha value is 0.0700. The average molecular weight is 349 g/mol. The molecule has 1 aromatic rings. The summed E-state index contributed by atoms with van der Waals surface area (Å²) in [7, 11) is 0. The number of halogens is 2. The molecule has 0 radical (unpaired) electrons. The van der Waals surface area contributed by atoms with Crippen molar-refractivity contribution < 1.29 is 5.11 Å². The van der Waals surface area contributed by atoms with Gasteiger partial charge in [0.2, 0.25) is 0 Å². The fourth-order valence-electron chi connectivity index (χ4n) is 2.34. The molecule has 1 aliphatic rings. The Morgan fingerprint density at radius 1 is 1.38 bits per heavy atom. The maximum Gasteiger partial charge on any atom is 0.0973 e. The van der Waals surface area contributed by atoms with Crippen LogP contribution in [0.25, 0.3) is 0 Å². The standard InChI is InChI=1S/C12H15Br2NO/c13-9-6-10(14)12(15-7-9)11(16)5-8-3-1-2-4-8/h6-8,11,16H,1-5H2. The van der Waals surface area contributed by atoms with Crippen LogP contribution in [-0.4, -0.2) is 10.1 Å². The Balaban J connectivity index is 2.04. The summed E-state index contributed by atoms with van der Waals surface area (Å²) in [5.41, 5.74) is 0.759. The molecule has 2 rings (SSSR count). The van der Waals surface area contributed by atoms with Gasteiger partial charge in [-0.2, -0.15) is 0 Å². The highest BCUT2D eigenvalue weighted by Gasteiger charge is 2.21. The first-order valence-electron chi connectivity index (χ1n) is 5.66. The molecule has 1 saturated carbocycles. The summed E-state index contributed by atoms with van der Waals surface area (Å²) in [6.45, 7) is 0. The van der Waals surface area contributed by atoms with Crippen LogP contribution in [0.3, 0.4) is 0 Å². The molecule has 4 heteroatoms. The average Bonchev–Trinajstić information content (AvgIpc) is 2.70. The second-order valence-electron chi connectivity index (χ2n) is 4.42. The van der Waals surface area contributed by atoms with Crippen molar-refractivity contribution >= 4 is 31.9 Å². The van der Waals surface area contributed by atoms with Gasteiger partial charge in [-0.15, -0.1) is 0 Å². The van der Waals surface area contributed by atoms with Crippen LogP contribution < -0.4 is 0 Å². The van der Waals surface area contributed by atoms with Crippen LogP contribution in [0, 0.1) is 5.92 Å². The number of rotatable bonds is 3. The van der Waals surface area contributed by atoms with Crippen molar-refractivity contribution in [1.29, 1.82) is 0 Å². The first kappa shape index (κ1) is 12.5. The second kappa shape index (κ2) is 5.61. The lowest BCUT2D eigenvalue weighted by molar-refractivity contribution is 0.140. The molecule has 0 aromatic carbocycles. The number of pyridine rings is 1. The van der Waals surface area contributed by atoms with E-state index in [1.54, 1.807) is 6.20 Å². The van der Waals surface area contributed by atoms with E-state index >= 15 is 0 Å². The summed E-state index contributed by atoms with van der Waals surface area (Å²) in [4.78, 5) is 4.28. The molecule has 1 atom stereocenters. The smallest absolute Gasteiger partial charge is 0.0973 e. The van der Waals surface area contributed by atoms with Crippen LogP contribution in [0.5, 0.6) is 0 Å². The van der Waals surface area contributed by atoms with Gasteiger partial charge in [0.25, 0.3) is 0 Å². The van der Waals surface area contributed by atoms with Gasteiger partial charge in [-0.3, -0.25) is 4.98 Å². The SMILES string of the molecule is OC(CC1CCCC1)c1ncc(Br)cc1Br. The third-order valence-electron chi connectivity index (χ3n) is 3.18. The van der Waals surface area contributed by atoms with Crippen molar-refractivity contribution in [2.45, 2.75) is 38.2 Å². The van der Waals surface area contributed by atoms with E-state index < -0.39 is 6.10 Å². The van der Waals surface area contributed by atoms with E-state index in [1.807, 2.05) is 6.07 Å². The molecular formula is C12H15Br2NO. The van der Waals surface area contributed by atoms with Crippen LogP contribution >= 0.6 is 31.9 Å². The van der Waals surface area contributed by atoms with E-state index in [0.29, 0.717) is 5.92 Å². The molecule has 16 heavy (non-hydrogen) atoms. The minimum Gasteiger partial charge on any atom is -0.387 e. The first-order chi connectivity index (χ1) is 7.66. The molecule has 1 N–H and O–H groups in total. The summed E-state index contributed by atoms with van der Waals surface area (Å²) in [6.07, 6.45) is 7.27. The summed E-state index contributed by atoms with van der Waals surface area (Å²) < 4.78 is 1.81. The first-order valence-corrected chi connectivity index (χ1v) is 7.24. The van der Waals surface area contributed by atoms with Gasteiger partial charge < -0.3 is 5.11 Å². The highest BCUT2D eigenvalue weighted by Crippen LogP contribution is 2.34. The number of aliphatic hydroxyl groups is 1. The van der Waals surface area contributed by atoms with E-state index in [2.05, 4.69) is 36.8 Å². The lowest BCUT2D eigenvalue weighted by atomic mass is 9.98. The number of hydrogen-bond acceptors (Lipinski definition) is 2. The van der Waals surface area contributed by atoms with Gasteiger partial charge in [0.1, 0.15) is 0 Å². The van der Waals surface area contributed by atoms with E-state index in [-0.39, 0.29) is 0 Å². The summed E-state index contributed by atoms with van der Waals surface area (Å²) in [6, 6.07) is 1.93. The molecule has 1 unspecified atom stereocenters. The predicted molar refractivity (Wildman–Crippen MR) is 71.2 cm³/mol. The molecule has 1 heterocycles.